The van der Waals surface area contributed by atoms with Gasteiger partial charge in [0.05, 0.1) is 49.3 Å². The molecule has 2 heterocycles. The van der Waals surface area contributed by atoms with Crippen LogP contribution in [0.15, 0.2) is 27.4 Å². The van der Waals surface area contributed by atoms with Crippen molar-refractivity contribution in [2.24, 2.45) is 0 Å². The molecule has 3 aromatic rings. The predicted octanol–water partition coefficient (Wildman–Crippen LogP) is 0.690. The Bertz CT molecular complexity index is 1420. The third-order valence-electron chi connectivity index (χ3n) is 6.64. The molecule has 1 aliphatic heterocycles. The quantitative estimate of drug-likeness (QED) is 0.262. The molecule has 0 bridgehead atoms. The molecule has 0 saturated carbocycles. The summed E-state index contributed by atoms with van der Waals surface area (Å²) in [5, 5.41) is 40.4. The molecule has 1 saturated heterocycles. The summed E-state index contributed by atoms with van der Waals surface area (Å²) in [5.74, 6) is 0.647. The van der Waals surface area contributed by atoms with Gasteiger partial charge in [0.15, 0.2) is 28.3 Å². The van der Waals surface area contributed by atoms with Gasteiger partial charge in [-0.3, -0.25) is 4.79 Å². The minimum Gasteiger partial charge on any atom is -0.493 e. The molecule has 224 valence electrons. The number of fused-ring (bicyclic) bond motifs is 1. The number of ether oxygens (including phenoxy) is 8. The van der Waals surface area contributed by atoms with E-state index in [1.807, 2.05) is 0 Å². The average Bonchev–Trinajstić information content (AvgIpc) is 2.99. The number of aliphatic hydroxyl groups excluding tert-OH is 4. The summed E-state index contributed by atoms with van der Waals surface area (Å²) >= 11 is 0. The van der Waals surface area contributed by atoms with Crippen molar-refractivity contribution >= 4 is 11.0 Å². The molecule has 0 spiro atoms. The Morgan fingerprint density at radius 3 is 1.78 bits per heavy atom. The topological polar surface area (TPSA) is 185 Å². The first-order chi connectivity index (χ1) is 19.7. The van der Waals surface area contributed by atoms with E-state index in [2.05, 4.69) is 0 Å². The molecule has 1 fully saturated rings. The van der Waals surface area contributed by atoms with Crippen molar-refractivity contribution in [3.8, 4) is 51.6 Å². The molecule has 1 aromatic heterocycles. The monoisotopic (exact) mass is 580 g/mol. The van der Waals surface area contributed by atoms with Crippen LogP contribution in [-0.2, 0) is 4.74 Å². The van der Waals surface area contributed by atoms with E-state index in [0.717, 1.165) is 0 Å². The first kappa shape index (κ1) is 30.0. The Morgan fingerprint density at radius 1 is 0.707 bits per heavy atom. The molecule has 5 atom stereocenters. The van der Waals surface area contributed by atoms with Gasteiger partial charge in [-0.15, -0.1) is 0 Å². The number of methoxy groups -OCH3 is 6. The van der Waals surface area contributed by atoms with Gasteiger partial charge >= 0.3 is 0 Å². The van der Waals surface area contributed by atoms with Crippen LogP contribution in [0.1, 0.15) is 0 Å². The maximum atomic E-state index is 13.7. The average molecular weight is 581 g/mol. The second-order valence-corrected chi connectivity index (χ2v) is 8.84. The highest BCUT2D eigenvalue weighted by molar-refractivity contribution is 5.95. The van der Waals surface area contributed by atoms with Gasteiger partial charge in [-0.05, 0) is 12.1 Å². The van der Waals surface area contributed by atoms with Gasteiger partial charge in [0.1, 0.15) is 35.6 Å². The van der Waals surface area contributed by atoms with E-state index >= 15 is 0 Å². The molecule has 14 nitrogen and oxygen atoms in total. The van der Waals surface area contributed by atoms with E-state index < -0.39 is 42.7 Å². The van der Waals surface area contributed by atoms with E-state index in [-0.39, 0.29) is 39.7 Å². The highest BCUT2D eigenvalue weighted by Gasteiger charge is 2.45. The predicted molar refractivity (Wildman–Crippen MR) is 142 cm³/mol. The normalized spacial score (nSPS) is 22.2. The van der Waals surface area contributed by atoms with Crippen molar-refractivity contribution in [2.75, 3.05) is 49.3 Å². The summed E-state index contributed by atoms with van der Waals surface area (Å²) in [7, 11) is 8.29. The van der Waals surface area contributed by atoms with Crippen LogP contribution < -0.4 is 38.6 Å². The molecule has 1 aliphatic rings. The van der Waals surface area contributed by atoms with Gasteiger partial charge in [-0.1, -0.05) is 0 Å². The van der Waals surface area contributed by atoms with Gasteiger partial charge in [-0.2, -0.15) is 0 Å². The molecule has 14 heteroatoms. The molecular formula is C27H32O14. The van der Waals surface area contributed by atoms with E-state index in [1.54, 1.807) is 12.1 Å². The van der Waals surface area contributed by atoms with Gasteiger partial charge in [0, 0.05) is 11.6 Å². The SMILES string of the molecule is COc1cc(-c2cc(=O)c3c(OC4OC(CO)C(O)C(O)C4O)c(OC)c(OC)c(OC)c3o2)cc(OC)c1OC. The third kappa shape index (κ3) is 5.15. The second-order valence-electron chi connectivity index (χ2n) is 8.84. The third-order valence-corrected chi connectivity index (χ3v) is 6.64. The summed E-state index contributed by atoms with van der Waals surface area (Å²) in [4.78, 5) is 13.7. The van der Waals surface area contributed by atoms with Crippen LogP contribution in [0.3, 0.4) is 0 Å². The molecule has 0 aliphatic carbocycles. The lowest BCUT2D eigenvalue weighted by molar-refractivity contribution is -0.277. The number of aliphatic hydroxyl groups is 4. The lowest BCUT2D eigenvalue weighted by Crippen LogP contribution is -2.60. The van der Waals surface area contributed by atoms with Gasteiger partial charge < -0.3 is 62.7 Å². The first-order valence-corrected chi connectivity index (χ1v) is 12.3. The van der Waals surface area contributed by atoms with Crippen LogP contribution in [-0.4, -0.2) is 100 Å². The minimum absolute atomic E-state index is 0.00751. The van der Waals surface area contributed by atoms with Crippen LogP contribution in [0.25, 0.3) is 22.3 Å². The molecule has 41 heavy (non-hydrogen) atoms. The van der Waals surface area contributed by atoms with E-state index in [1.165, 1.54) is 48.7 Å². The Kier molecular flexibility index (Phi) is 8.99. The summed E-state index contributed by atoms with van der Waals surface area (Å²) in [6, 6.07) is 4.36. The second kappa shape index (κ2) is 12.3. The van der Waals surface area contributed by atoms with Gasteiger partial charge in [0.25, 0.3) is 0 Å². The van der Waals surface area contributed by atoms with Crippen LogP contribution >= 0.6 is 0 Å². The lowest BCUT2D eigenvalue weighted by atomic mass is 9.99. The largest absolute Gasteiger partial charge is 0.493 e. The fourth-order valence-corrected chi connectivity index (χ4v) is 4.61. The van der Waals surface area contributed by atoms with E-state index in [4.69, 9.17) is 42.3 Å². The number of hydrogen-bond donors (Lipinski definition) is 4. The zero-order valence-corrected chi connectivity index (χ0v) is 23.2. The number of benzene rings is 2. The Labute approximate surface area is 234 Å². The fourth-order valence-electron chi connectivity index (χ4n) is 4.61. The highest BCUT2D eigenvalue weighted by Crippen LogP contribution is 2.51. The molecule has 2 aromatic carbocycles. The molecule has 0 radical (unpaired) electrons. The van der Waals surface area contributed by atoms with Crippen molar-refractivity contribution in [1.29, 1.82) is 0 Å². The first-order valence-electron chi connectivity index (χ1n) is 12.3. The maximum Gasteiger partial charge on any atom is 0.229 e. The van der Waals surface area contributed by atoms with E-state index in [0.29, 0.717) is 22.8 Å². The van der Waals surface area contributed by atoms with Crippen molar-refractivity contribution in [3.05, 3.63) is 28.4 Å². The highest BCUT2D eigenvalue weighted by atomic mass is 16.7. The van der Waals surface area contributed by atoms with Crippen molar-refractivity contribution < 1.29 is 62.7 Å². The molecule has 5 unspecified atom stereocenters. The van der Waals surface area contributed by atoms with Gasteiger partial charge in [0.2, 0.25) is 29.3 Å². The molecular weight excluding hydrogens is 548 g/mol. The van der Waals surface area contributed by atoms with Crippen LogP contribution in [0.2, 0.25) is 0 Å². The standard InChI is InChI=1S/C27H32O14/c1-33-14-7-11(8-15(34-2)21(14)35-3)13-9-12(29)17-22(39-13)24(36-4)26(38-6)25(37-5)23(17)41-27-20(32)19(31)18(30)16(10-28)40-27/h7-9,16,18-20,27-28,30-32H,10H2,1-6H3. The fraction of sp³-hybridized carbons (Fsp3) is 0.444. The smallest absolute Gasteiger partial charge is 0.229 e. The van der Waals surface area contributed by atoms with Crippen molar-refractivity contribution in [1.82, 2.24) is 0 Å². The summed E-state index contributed by atoms with van der Waals surface area (Å²) in [6.07, 6.45) is -8.03. The number of rotatable bonds is 10. The van der Waals surface area contributed by atoms with Crippen LogP contribution in [0.4, 0.5) is 0 Å². The minimum atomic E-state index is -1.77. The van der Waals surface area contributed by atoms with Crippen LogP contribution in [0.5, 0.6) is 40.2 Å². The zero-order valence-electron chi connectivity index (χ0n) is 23.2. The molecule has 0 amide bonds. The van der Waals surface area contributed by atoms with Crippen molar-refractivity contribution in [2.45, 2.75) is 30.7 Å². The lowest BCUT2D eigenvalue weighted by Gasteiger charge is -2.39. The van der Waals surface area contributed by atoms with Crippen LogP contribution in [0, 0.1) is 0 Å². The Balaban J connectivity index is 1.98. The zero-order chi connectivity index (χ0) is 30.0. The Hall–Kier alpha value is -3.95. The van der Waals surface area contributed by atoms with Crippen molar-refractivity contribution in [3.63, 3.8) is 0 Å². The van der Waals surface area contributed by atoms with Gasteiger partial charge in [-0.25, -0.2) is 0 Å². The number of hydrogen-bond acceptors (Lipinski definition) is 14. The van der Waals surface area contributed by atoms with E-state index in [9.17, 15) is 25.2 Å². The summed E-state index contributed by atoms with van der Waals surface area (Å²) in [5.41, 5.74) is -0.332. The Morgan fingerprint density at radius 2 is 1.27 bits per heavy atom. The maximum absolute atomic E-state index is 13.7. The molecule has 4 rings (SSSR count). The summed E-state index contributed by atoms with van der Waals surface area (Å²) in [6.45, 7) is -0.686. The summed E-state index contributed by atoms with van der Waals surface area (Å²) < 4.78 is 50.3. The molecule has 4 N–H and O–H groups in total.